The molecule has 0 amide bonds. The summed E-state index contributed by atoms with van der Waals surface area (Å²) in [6, 6.07) is 22.2. The topological polar surface area (TPSA) is 55.4 Å². The minimum Gasteiger partial charge on any atom is -0.494 e. The van der Waals surface area contributed by atoms with Crippen LogP contribution in [0.15, 0.2) is 60.7 Å². The monoisotopic (exact) mass is 730 g/mol. The molecule has 0 saturated carbocycles. The van der Waals surface area contributed by atoms with E-state index in [-0.39, 0.29) is 23.0 Å². The lowest BCUT2D eigenvalue weighted by Gasteiger charge is -2.36. The molecule has 0 fully saturated rings. The van der Waals surface area contributed by atoms with Crippen LogP contribution in [-0.2, 0) is 25.7 Å². The first-order valence-corrected chi connectivity index (χ1v) is 20.6. The van der Waals surface area contributed by atoms with Crippen molar-refractivity contribution >= 4 is 0 Å². The van der Waals surface area contributed by atoms with Gasteiger partial charge in [-0.25, -0.2) is 0 Å². The molecule has 54 heavy (non-hydrogen) atoms. The molecule has 6 heteroatoms. The molecule has 0 N–H and O–H groups in total. The number of ether oxygens (including phenoxy) is 6. The van der Waals surface area contributed by atoms with Gasteiger partial charge in [0.1, 0.15) is 45.7 Å². The van der Waals surface area contributed by atoms with E-state index in [4.69, 9.17) is 28.4 Å². The average molecular weight is 731 g/mol. The lowest BCUT2D eigenvalue weighted by Crippen LogP contribution is -2.33. The summed E-state index contributed by atoms with van der Waals surface area (Å²) in [5.74, 6) is 6.20. The number of hydrogen-bond acceptors (Lipinski definition) is 6. The highest BCUT2D eigenvalue weighted by atomic mass is 16.5. The summed E-state index contributed by atoms with van der Waals surface area (Å²) < 4.78 is 39.0. The molecule has 0 unspecified atom stereocenters. The molecule has 4 aromatic carbocycles. The van der Waals surface area contributed by atoms with Crippen molar-refractivity contribution in [3.05, 3.63) is 94.0 Å². The van der Waals surface area contributed by atoms with Gasteiger partial charge in [-0.1, -0.05) is 51.0 Å². The predicted octanol–water partition coefficient (Wildman–Crippen LogP) is 11.4. The number of fused-ring (bicyclic) bond motifs is 6. The normalized spacial score (nSPS) is 20.4. The van der Waals surface area contributed by atoms with E-state index in [0.717, 1.165) is 110 Å². The second kappa shape index (κ2) is 15.1. The molecule has 4 aliphatic heterocycles. The molecule has 4 heterocycles. The van der Waals surface area contributed by atoms with Crippen molar-refractivity contribution in [3.8, 4) is 45.6 Å². The quantitative estimate of drug-likeness (QED) is 0.143. The SMILES string of the molecule is CCCCOc1ccc([C@@H]2COc3c(ccc4c3CCC(C)(C)O4)C2)c(-c2cc([C@@H]3COc4c(ccc5c4CCC(C)(C)O5)C3)ccc2OCCCC)c1. The molecule has 4 aliphatic rings. The van der Waals surface area contributed by atoms with Crippen LogP contribution in [-0.4, -0.2) is 37.6 Å². The van der Waals surface area contributed by atoms with Gasteiger partial charge in [0.2, 0.25) is 0 Å². The standard InChI is InChI=1S/C48H58O6/c1-7-9-23-49-36-14-15-37(35-26-33-13-18-44-39(46(33)52-30-35)20-22-48(5,6)54-44)40(28-36)41-27-31(11-16-42(41)50-24-10-8-2)34-25-32-12-17-43-38(45(32)51-29-34)19-21-47(3,4)53-43/h11-18,27-28,34-35H,7-10,19-26,29-30H2,1-6H3/t34-,35-/m0/s1. The number of unbranched alkanes of at least 4 members (excludes halogenated alkanes) is 2. The predicted molar refractivity (Wildman–Crippen MR) is 216 cm³/mol. The Hall–Kier alpha value is -4.32. The van der Waals surface area contributed by atoms with Crippen molar-refractivity contribution in [2.24, 2.45) is 0 Å². The summed E-state index contributed by atoms with van der Waals surface area (Å²) in [5, 5.41) is 0. The maximum atomic E-state index is 6.70. The number of hydrogen-bond donors (Lipinski definition) is 0. The molecular weight excluding hydrogens is 673 g/mol. The Balaban J connectivity index is 1.15. The molecule has 0 aromatic heterocycles. The van der Waals surface area contributed by atoms with Crippen LogP contribution in [0.4, 0.5) is 0 Å². The Morgan fingerprint density at radius 1 is 0.630 bits per heavy atom. The van der Waals surface area contributed by atoms with Crippen LogP contribution in [0.3, 0.4) is 0 Å². The van der Waals surface area contributed by atoms with Crippen LogP contribution in [0.1, 0.15) is 125 Å². The highest BCUT2D eigenvalue weighted by molar-refractivity contribution is 5.76. The summed E-state index contributed by atoms with van der Waals surface area (Å²) in [7, 11) is 0. The van der Waals surface area contributed by atoms with Crippen molar-refractivity contribution in [2.45, 2.75) is 129 Å². The summed E-state index contributed by atoms with van der Waals surface area (Å²) in [6.07, 6.45) is 9.94. The third-order valence-electron chi connectivity index (χ3n) is 11.9. The van der Waals surface area contributed by atoms with Gasteiger partial charge < -0.3 is 28.4 Å². The molecule has 6 nitrogen and oxygen atoms in total. The molecule has 2 atom stereocenters. The Bertz CT molecular complexity index is 1990. The van der Waals surface area contributed by atoms with Crippen molar-refractivity contribution in [3.63, 3.8) is 0 Å². The van der Waals surface area contributed by atoms with Crippen LogP contribution in [0.5, 0.6) is 34.5 Å². The van der Waals surface area contributed by atoms with E-state index in [1.165, 1.54) is 33.4 Å². The molecule has 0 radical (unpaired) electrons. The first kappa shape index (κ1) is 36.6. The zero-order valence-corrected chi connectivity index (χ0v) is 33.3. The van der Waals surface area contributed by atoms with Gasteiger partial charge in [-0.05, 0) is 143 Å². The Morgan fingerprint density at radius 2 is 1.22 bits per heavy atom. The van der Waals surface area contributed by atoms with Gasteiger partial charge in [-0.3, -0.25) is 0 Å². The summed E-state index contributed by atoms with van der Waals surface area (Å²) in [5.41, 5.74) is 9.45. The van der Waals surface area contributed by atoms with Crippen LogP contribution in [0, 0.1) is 0 Å². The second-order valence-corrected chi connectivity index (χ2v) is 17.1. The molecule has 0 spiro atoms. The Morgan fingerprint density at radius 3 is 1.85 bits per heavy atom. The van der Waals surface area contributed by atoms with Gasteiger partial charge in [-0.15, -0.1) is 0 Å². The molecular formula is C48H58O6. The van der Waals surface area contributed by atoms with E-state index in [2.05, 4.69) is 102 Å². The second-order valence-electron chi connectivity index (χ2n) is 17.1. The Kier molecular flexibility index (Phi) is 10.2. The fourth-order valence-electron chi connectivity index (χ4n) is 8.66. The number of benzene rings is 4. The zero-order valence-electron chi connectivity index (χ0n) is 33.3. The van der Waals surface area contributed by atoms with E-state index in [1.54, 1.807) is 0 Å². The Labute approximate surface area is 322 Å². The highest BCUT2D eigenvalue weighted by Crippen LogP contribution is 2.48. The van der Waals surface area contributed by atoms with Gasteiger partial charge >= 0.3 is 0 Å². The first-order valence-electron chi connectivity index (χ1n) is 20.6. The molecule has 286 valence electrons. The lowest BCUT2D eigenvalue weighted by molar-refractivity contribution is 0.0822. The highest BCUT2D eigenvalue weighted by Gasteiger charge is 2.35. The molecule has 4 aromatic rings. The maximum Gasteiger partial charge on any atom is 0.129 e. The number of rotatable bonds is 11. The maximum absolute atomic E-state index is 6.70. The fourth-order valence-corrected chi connectivity index (χ4v) is 8.66. The third kappa shape index (κ3) is 7.50. The largest absolute Gasteiger partial charge is 0.494 e. The lowest BCUT2D eigenvalue weighted by atomic mass is 9.82. The van der Waals surface area contributed by atoms with Crippen LogP contribution < -0.4 is 28.4 Å². The average Bonchev–Trinajstić information content (AvgIpc) is 3.16. The van der Waals surface area contributed by atoms with E-state index in [9.17, 15) is 0 Å². The fraction of sp³-hybridized carbons (Fsp3) is 0.500. The van der Waals surface area contributed by atoms with Crippen molar-refractivity contribution in [2.75, 3.05) is 26.4 Å². The van der Waals surface area contributed by atoms with Gasteiger partial charge in [-0.2, -0.15) is 0 Å². The summed E-state index contributed by atoms with van der Waals surface area (Å²) in [4.78, 5) is 0. The molecule has 0 bridgehead atoms. The molecule has 0 saturated heterocycles. The summed E-state index contributed by atoms with van der Waals surface area (Å²) in [6.45, 7) is 15.7. The first-order chi connectivity index (χ1) is 26.1. The van der Waals surface area contributed by atoms with Crippen molar-refractivity contribution in [1.29, 1.82) is 0 Å². The van der Waals surface area contributed by atoms with Crippen LogP contribution in [0.2, 0.25) is 0 Å². The van der Waals surface area contributed by atoms with Gasteiger partial charge in [0.05, 0.1) is 26.4 Å². The van der Waals surface area contributed by atoms with Crippen molar-refractivity contribution in [1.82, 2.24) is 0 Å². The van der Waals surface area contributed by atoms with E-state index >= 15 is 0 Å². The third-order valence-corrected chi connectivity index (χ3v) is 11.9. The summed E-state index contributed by atoms with van der Waals surface area (Å²) >= 11 is 0. The van der Waals surface area contributed by atoms with Crippen LogP contribution in [0.25, 0.3) is 11.1 Å². The van der Waals surface area contributed by atoms with Gasteiger partial charge in [0, 0.05) is 28.5 Å². The molecule has 0 aliphatic carbocycles. The van der Waals surface area contributed by atoms with Gasteiger partial charge in [0.25, 0.3) is 0 Å². The smallest absolute Gasteiger partial charge is 0.129 e. The van der Waals surface area contributed by atoms with E-state index in [0.29, 0.717) is 26.4 Å². The minimum absolute atomic E-state index is 0.147. The van der Waals surface area contributed by atoms with Gasteiger partial charge in [0.15, 0.2) is 0 Å². The zero-order chi connectivity index (χ0) is 37.5. The minimum atomic E-state index is -0.154. The van der Waals surface area contributed by atoms with Crippen molar-refractivity contribution < 1.29 is 28.4 Å². The molecule has 8 rings (SSSR count). The van der Waals surface area contributed by atoms with E-state index in [1.807, 2.05) is 0 Å². The van der Waals surface area contributed by atoms with E-state index < -0.39 is 0 Å². The van der Waals surface area contributed by atoms with Crippen LogP contribution >= 0.6 is 0 Å².